The van der Waals surface area contributed by atoms with Gasteiger partial charge >= 0.3 is 0 Å². The van der Waals surface area contributed by atoms with Crippen molar-refractivity contribution in [1.29, 1.82) is 0 Å². The van der Waals surface area contributed by atoms with E-state index in [4.69, 9.17) is 0 Å². The standard InChI is InChI=1S/C19H20N2O/c1-3-21(15-9-5-4-6-10-15)14-19(22)17-13-20(2)18-12-8-7-11-16(17)18/h4-13H,3,14H2,1-2H3. The molecule has 0 amide bonds. The number of carbonyl (C=O) groups excluding carboxylic acids is 1. The third-order valence-electron chi connectivity index (χ3n) is 4.03. The lowest BCUT2D eigenvalue weighted by Gasteiger charge is -2.22. The molecule has 3 heteroatoms. The number of para-hydroxylation sites is 2. The maximum Gasteiger partial charge on any atom is 0.184 e. The van der Waals surface area contributed by atoms with E-state index in [9.17, 15) is 4.79 Å². The van der Waals surface area contributed by atoms with Crippen LogP contribution in [0, 0.1) is 0 Å². The molecule has 0 spiro atoms. The summed E-state index contributed by atoms with van der Waals surface area (Å²) in [6, 6.07) is 18.1. The minimum absolute atomic E-state index is 0.155. The van der Waals surface area contributed by atoms with E-state index in [1.165, 1.54) is 0 Å². The zero-order valence-corrected chi connectivity index (χ0v) is 13.0. The summed E-state index contributed by atoms with van der Waals surface area (Å²) < 4.78 is 2.02. The molecule has 112 valence electrons. The number of benzene rings is 2. The number of aryl methyl sites for hydroxylation is 1. The lowest BCUT2D eigenvalue weighted by molar-refractivity contribution is 0.100. The Kier molecular flexibility index (Phi) is 3.96. The maximum absolute atomic E-state index is 12.8. The van der Waals surface area contributed by atoms with Gasteiger partial charge in [0.2, 0.25) is 0 Å². The highest BCUT2D eigenvalue weighted by atomic mass is 16.1. The molecule has 0 saturated heterocycles. The fourth-order valence-electron chi connectivity index (χ4n) is 2.85. The molecular weight excluding hydrogens is 272 g/mol. The van der Waals surface area contributed by atoms with E-state index in [-0.39, 0.29) is 5.78 Å². The van der Waals surface area contributed by atoms with Crippen molar-refractivity contribution < 1.29 is 4.79 Å². The summed E-state index contributed by atoms with van der Waals surface area (Å²) in [7, 11) is 1.98. The minimum Gasteiger partial charge on any atom is -0.364 e. The van der Waals surface area contributed by atoms with Crippen molar-refractivity contribution in [2.24, 2.45) is 7.05 Å². The largest absolute Gasteiger partial charge is 0.364 e. The number of fused-ring (bicyclic) bond motifs is 1. The first-order valence-electron chi connectivity index (χ1n) is 7.58. The Hall–Kier alpha value is -2.55. The van der Waals surface area contributed by atoms with Gasteiger partial charge in [0.1, 0.15) is 0 Å². The highest BCUT2D eigenvalue weighted by molar-refractivity contribution is 6.09. The molecule has 22 heavy (non-hydrogen) atoms. The van der Waals surface area contributed by atoms with Crippen LogP contribution in [0.1, 0.15) is 17.3 Å². The first kappa shape index (κ1) is 14.4. The van der Waals surface area contributed by atoms with Crippen LogP contribution in [0.4, 0.5) is 5.69 Å². The van der Waals surface area contributed by atoms with Gasteiger partial charge in [-0.1, -0.05) is 36.4 Å². The monoisotopic (exact) mass is 292 g/mol. The van der Waals surface area contributed by atoms with E-state index in [0.717, 1.165) is 28.7 Å². The fraction of sp³-hybridized carbons (Fsp3) is 0.211. The topological polar surface area (TPSA) is 25.2 Å². The number of anilines is 1. The molecule has 0 aliphatic heterocycles. The number of likely N-dealkylation sites (N-methyl/N-ethyl adjacent to an activating group) is 1. The molecule has 3 aromatic rings. The smallest absolute Gasteiger partial charge is 0.184 e. The van der Waals surface area contributed by atoms with Crippen LogP contribution in [0.2, 0.25) is 0 Å². The van der Waals surface area contributed by atoms with Crippen molar-refractivity contribution in [3.05, 3.63) is 66.4 Å². The molecule has 1 heterocycles. The SMILES string of the molecule is CCN(CC(=O)c1cn(C)c2ccccc12)c1ccccc1. The van der Waals surface area contributed by atoms with E-state index >= 15 is 0 Å². The number of Topliss-reactive ketones (excluding diaryl/α,β-unsaturated/α-hetero) is 1. The van der Waals surface area contributed by atoms with Crippen molar-refractivity contribution >= 4 is 22.4 Å². The molecule has 2 aromatic carbocycles. The Morgan fingerprint density at radius 2 is 1.73 bits per heavy atom. The molecule has 0 atom stereocenters. The van der Waals surface area contributed by atoms with E-state index < -0.39 is 0 Å². The molecule has 0 fully saturated rings. The molecule has 0 N–H and O–H groups in total. The predicted octanol–water partition coefficient (Wildman–Crippen LogP) is 3.89. The zero-order valence-electron chi connectivity index (χ0n) is 13.0. The van der Waals surface area contributed by atoms with Gasteiger partial charge in [0.25, 0.3) is 0 Å². The van der Waals surface area contributed by atoms with Crippen molar-refractivity contribution in [1.82, 2.24) is 4.57 Å². The van der Waals surface area contributed by atoms with Crippen LogP contribution < -0.4 is 4.90 Å². The first-order valence-corrected chi connectivity index (χ1v) is 7.58. The van der Waals surface area contributed by atoms with Crippen LogP contribution >= 0.6 is 0 Å². The van der Waals surface area contributed by atoms with Crippen LogP contribution in [-0.2, 0) is 7.05 Å². The van der Waals surface area contributed by atoms with Gasteiger partial charge in [-0.2, -0.15) is 0 Å². The molecule has 0 bridgehead atoms. The van der Waals surface area contributed by atoms with Crippen LogP contribution in [0.15, 0.2) is 60.8 Å². The lowest BCUT2D eigenvalue weighted by atomic mass is 10.1. The van der Waals surface area contributed by atoms with E-state index in [1.54, 1.807) is 0 Å². The summed E-state index contributed by atoms with van der Waals surface area (Å²) >= 11 is 0. The molecule has 0 aliphatic carbocycles. The van der Waals surface area contributed by atoms with Crippen LogP contribution in [0.25, 0.3) is 10.9 Å². The summed E-state index contributed by atoms with van der Waals surface area (Å²) in [5.74, 6) is 0.155. The van der Waals surface area contributed by atoms with E-state index in [2.05, 4.69) is 11.8 Å². The second kappa shape index (κ2) is 6.06. The van der Waals surface area contributed by atoms with E-state index in [0.29, 0.717) is 6.54 Å². The Morgan fingerprint density at radius 3 is 2.45 bits per heavy atom. The Balaban J connectivity index is 1.90. The molecule has 1 aromatic heterocycles. The normalized spacial score (nSPS) is 10.8. The lowest BCUT2D eigenvalue weighted by Crippen LogP contribution is -2.29. The van der Waals surface area contributed by atoms with Crippen LogP contribution in [0.3, 0.4) is 0 Å². The predicted molar refractivity (Wildman–Crippen MR) is 91.6 cm³/mol. The van der Waals surface area contributed by atoms with Crippen molar-refractivity contribution in [3.8, 4) is 0 Å². The molecule has 0 unspecified atom stereocenters. The summed E-state index contributed by atoms with van der Waals surface area (Å²) in [4.78, 5) is 14.9. The van der Waals surface area contributed by atoms with Gasteiger partial charge in [0.15, 0.2) is 5.78 Å². The van der Waals surface area contributed by atoms with Crippen molar-refractivity contribution in [2.45, 2.75) is 6.92 Å². The van der Waals surface area contributed by atoms with Gasteiger partial charge in [-0.25, -0.2) is 0 Å². The highest BCUT2D eigenvalue weighted by Crippen LogP contribution is 2.22. The number of hydrogen-bond acceptors (Lipinski definition) is 2. The summed E-state index contributed by atoms with van der Waals surface area (Å²) in [6.07, 6.45) is 1.94. The van der Waals surface area contributed by atoms with Gasteiger partial charge in [-0.15, -0.1) is 0 Å². The number of rotatable bonds is 5. The molecule has 0 aliphatic rings. The van der Waals surface area contributed by atoms with Gasteiger partial charge < -0.3 is 9.47 Å². The number of nitrogens with zero attached hydrogens (tertiary/aromatic N) is 2. The Bertz CT molecular complexity index is 790. The quantitative estimate of drug-likeness (QED) is 0.667. The van der Waals surface area contributed by atoms with Gasteiger partial charge in [-0.3, -0.25) is 4.79 Å². The van der Waals surface area contributed by atoms with Crippen molar-refractivity contribution in [2.75, 3.05) is 18.0 Å². The number of ketones is 1. The average Bonchev–Trinajstić information content (AvgIpc) is 2.91. The average molecular weight is 292 g/mol. The molecule has 0 radical (unpaired) electrons. The third kappa shape index (κ3) is 2.62. The second-order valence-corrected chi connectivity index (χ2v) is 5.44. The number of hydrogen-bond donors (Lipinski definition) is 0. The third-order valence-corrected chi connectivity index (χ3v) is 4.03. The maximum atomic E-state index is 12.8. The van der Waals surface area contributed by atoms with Crippen LogP contribution in [-0.4, -0.2) is 23.4 Å². The zero-order chi connectivity index (χ0) is 15.5. The van der Waals surface area contributed by atoms with Gasteiger partial charge in [0, 0.05) is 41.9 Å². The molecule has 0 saturated carbocycles. The molecular formula is C19H20N2O. The Morgan fingerprint density at radius 1 is 1.05 bits per heavy atom. The number of carbonyl (C=O) groups is 1. The van der Waals surface area contributed by atoms with Crippen LogP contribution in [0.5, 0.6) is 0 Å². The fourth-order valence-corrected chi connectivity index (χ4v) is 2.85. The summed E-state index contributed by atoms with van der Waals surface area (Å²) in [5.41, 5.74) is 2.97. The highest BCUT2D eigenvalue weighted by Gasteiger charge is 2.16. The van der Waals surface area contributed by atoms with Gasteiger partial charge in [-0.05, 0) is 25.1 Å². The molecule has 3 rings (SSSR count). The second-order valence-electron chi connectivity index (χ2n) is 5.44. The summed E-state index contributed by atoms with van der Waals surface area (Å²) in [6.45, 7) is 3.28. The number of aromatic nitrogens is 1. The van der Waals surface area contributed by atoms with Gasteiger partial charge in [0.05, 0.1) is 6.54 Å². The van der Waals surface area contributed by atoms with Crippen molar-refractivity contribution in [3.63, 3.8) is 0 Å². The minimum atomic E-state index is 0.155. The summed E-state index contributed by atoms with van der Waals surface area (Å²) in [5, 5.41) is 1.03. The Labute approximate surface area is 130 Å². The first-order chi connectivity index (χ1) is 10.7. The molecule has 3 nitrogen and oxygen atoms in total. The van der Waals surface area contributed by atoms with E-state index in [1.807, 2.05) is 72.4 Å².